The SMILES string of the molecule is Cc1cccc(/C=C/C=O)n1. The van der Waals surface area contributed by atoms with Gasteiger partial charge < -0.3 is 0 Å². The molecule has 0 N–H and O–H groups in total. The van der Waals surface area contributed by atoms with E-state index < -0.39 is 0 Å². The predicted octanol–water partition coefficient (Wildman–Crippen LogP) is 1.60. The summed E-state index contributed by atoms with van der Waals surface area (Å²) in [6.45, 7) is 1.91. The van der Waals surface area contributed by atoms with Crippen LogP contribution in [0.4, 0.5) is 0 Å². The highest BCUT2D eigenvalue weighted by Crippen LogP contribution is 1.98. The summed E-state index contributed by atoms with van der Waals surface area (Å²) in [6, 6.07) is 5.68. The Hall–Kier alpha value is -1.44. The van der Waals surface area contributed by atoms with Crippen LogP contribution in [-0.2, 0) is 4.79 Å². The average molecular weight is 147 g/mol. The van der Waals surface area contributed by atoms with E-state index in [0.717, 1.165) is 17.7 Å². The van der Waals surface area contributed by atoms with Crippen molar-refractivity contribution in [3.8, 4) is 0 Å². The number of rotatable bonds is 2. The zero-order chi connectivity index (χ0) is 8.10. The molecule has 0 fully saturated rings. The maximum atomic E-state index is 9.95. The van der Waals surface area contributed by atoms with Gasteiger partial charge >= 0.3 is 0 Å². The Labute approximate surface area is 65.6 Å². The van der Waals surface area contributed by atoms with Crippen molar-refractivity contribution in [1.82, 2.24) is 4.98 Å². The molecule has 1 heterocycles. The smallest absolute Gasteiger partial charge is 0.142 e. The van der Waals surface area contributed by atoms with Gasteiger partial charge in [-0.15, -0.1) is 0 Å². The van der Waals surface area contributed by atoms with E-state index in [1.54, 1.807) is 6.08 Å². The van der Waals surface area contributed by atoms with Crippen LogP contribution in [0, 0.1) is 6.92 Å². The Kier molecular flexibility index (Phi) is 2.55. The molecule has 0 amide bonds. The number of hydrogen-bond acceptors (Lipinski definition) is 2. The second kappa shape index (κ2) is 3.66. The Morgan fingerprint density at radius 3 is 2.91 bits per heavy atom. The minimum atomic E-state index is 0.740. The number of aldehydes is 1. The fraction of sp³-hybridized carbons (Fsp3) is 0.111. The Balaban J connectivity index is 2.87. The van der Waals surface area contributed by atoms with Crippen LogP contribution < -0.4 is 0 Å². The third kappa shape index (κ3) is 2.34. The molecule has 0 atom stereocenters. The molecule has 0 unspecified atom stereocenters. The first kappa shape index (κ1) is 7.66. The first-order chi connectivity index (χ1) is 5.33. The van der Waals surface area contributed by atoms with E-state index in [1.165, 1.54) is 6.08 Å². The van der Waals surface area contributed by atoms with Gasteiger partial charge in [0.05, 0.1) is 5.69 Å². The number of allylic oxidation sites excluding steroid dienone is 1. The summed E-state index contributed by atoms with van der Waals surface area (Å²) in [7, 11) is 0. The van der Waals surface area contributed by atoms with E-state index in [2.05, 4.69) is 4.98 Å². The van der Waals surface area contributed by atoms with Crippen LogP contribution in [-0.4, -0.2) is 11.3 Å². The summed E-state index contributed by atoms with van der Waals surface area (Å²) in [5.41, 5.74) is 1.77. The molecule has 0 aliphatic heterocycles. The number of aryl methyl sites for hydroxylation is 1. The summed E-state index contributed by atoms with van der Waals surface area (Å²) in [5, 5.41) is 0. The normalized spacial score (nSPS) is 10.3. The third-order valence-electron chi connectivity index (χ3n) is 1.26. The zero-order valence-electron chi connectivity index (χ0n) is 6.32. The van der Waals surface area contributed by atoms with Gasteiger partial charge in [-0.1, -0.05) is 6.07 Å². The third-order valence-corrected chi connectivity index (χ3v) is 1.26. The van der Waals surface area contributed by atoms with Crippen LogP contribution in [0.3, 0.4) is 0 Å². The highest BCUT2D eigenvalue weighted by molar-refractivity contribution is 5.72. The molecule has 0 saturated heterocycles. The van der Waals surface area contributed by atoms with Crippen LogP contribution in [0.15, 0.2) is 24.3 Å². The largest absolute Gasteiger partial charge is 0.299 e. The molecule has 2 heteroatoms. The maximum Gasteiger partial charge on any atom is 0.142 e. The van der Waals surface area contributed by atoms with Gasteiger partial charge in [0.2, 0.25) is 0 Å². The van der Waals surface area contributed by atoms with Crippen molar-refractivity contribution in [2.45, 2.75) is 6.92 Å². The number of hydrogen-bond donors (Lipinski definition) is 0. The molecule has 56 valence electrons. The van der Waals surface area contributed by atoms with Crippen molar-refractivity contribution >= 4 is 12.4 Å². The van der Waals surface area contributed by atoms with Gasteiger partial charge in [-0.2, -0.15) is 0 Å². The molecule has 1 aromatic heterocycles. The number of carbonyl (C=O) groups is 1. The maximum absolute atomic E-state index is 9.95. The monoisotopic (exact) mass is 147 g/mol. The van der Waals surface area contributed by atoms with Crippen LogP contribution in [0.1, 0.15) is 11.4 Å². The topological polar surface area (TPSA) is 30.0 Å². The standard InChI is InChI=1S/C9H9NO/c1-8-4-2-5-9(10-8)6-3-7-11/h2-7H,1H3/b6-3+. The van der Waals surface area contributed by atoms with Gasteiger partial charge in [0, 0.05) is 5.69 Å². The van der Waals surface area contributed by atoms with E-state index >= 15 is 0 Å². The van der Waals surface area contributed by atoms with Crippen LogP contribution in [0.25, 0.3) is 6.08 Å². The number of carbonyl (C=O) groups excluding carboxylic acids is 1. The summed E-state index contributed by atoms with van der Waals surface area (Å²) in [4.78, 5) is 14.1. The lowest BCUT2D eigenvalue weighted by Crippen LogP contribution is -1.82. The number of pyridine rings is 1. The second-order valence-corrected chi connectivity index (χ2v) is 2.20. The first-order valence-electron chi connectivity index (χ1n) is 3.38. The van der Waals surface area contributed by atoms with Gasteiger partial charge in [0.25, 0.3) is 0 Å². The lowest BCUT2D eigenvalue weighted by molar-refractivity contribution is -0.104. The molecule has 2 nitrogen and oxygen atoms in total. The molecule has 0 aliphatic carbocycles. The molecule has 0 aliphatic rings. The van der Waals surface area contributed by atoms with Crippen LogP contribution >= 0.6 is 0 Å². The molecule has 0 saturated carbocycles. The lowest BCUT2D eigenvalue weighted by atomic mass is 10.3. The second-order valence-electron chi connectivity index (χ2n) is 2.20. The van der Waals surface area contributed by atoms with E-state index in [0.29, 0.717) is 0 Å². The Morgan fingerprint density at radius 1 is 1.45 bits per heavy atom. The van der Waals surface area contributed by atoms with Crippen molar-refractivity contribution in [2.75, 3.05) is 0 Å². The molecule has 0 spiro atoms. The van der Waals surface area contributed by atoms with Crippen molar-refractivity contribution in [2.24, 2.45) is 0 Å². The zero-order valence-corrected chi connectivity index (χ0v) is 6.32. The Morgan fingerprint density at radius 2 is 2.27 bits per heavy atom. The van der Waals surface area contributed by atoms with Gasteiger partial charge in [0.1, 0.15) is 6.29 Å². The van der Waals surface area contributed by atoms with E-state index in [4.69, 9.17) is 0 Å². The fourth-order valence-corrected chi connectivity index (χ4v) is 0.795. The van der Waals surface area contributed by atoms with Crippen molar-refractivity contribution in [3.05, 3.63) is 35.7 Å². The highest BCUT2D eigenvalue weighted by Gasteiger charge is 1.86. The lowest BCUT2D eigenvalue weighted by Gasteiger charge is -1.92. The molecule has 11 heavy (non-hydrogen) atoms. The predicted molar refractivity (Wildman–Crippen MR) is 44.1 cm³/mol. The fourth-order valence-electron chi connectivity index (χ4n) is 0.795. The van der Waals surface area contributed by atoms with Crippen molar-refractivity contribution in [3.63, 3.8) is 0 Å². The first-order valence-corrected chi connectivity index (χ1v) is 3.38. The van der Waals surface area contributed by atoms with Gasteiger partial charge in [0.15, 0.2) is 0 Å². The van der Waals surface area contributed by atoms with Crippen LogP contribution in [0.2, 0.25) is 0 Å². The van der Waals surface area contributed by atoms with Gasteiger partial charge in [-0.05, 0) is 31.2 Å². The van der Waals surface area contributed by atoms with E-state index in [-0.39, 0.29) is 0 Å². The summed E-state index contributed by atoms with van der Waals surface area (Å²) in [5.74, 6) is 0. The van der Waals surface area contributed by atoms with Crippen molar-refractivity contribution < 1.29 is 4.79 Å². The number of aromatic nitrogens is 1. The van der Waals surface area contributed by atoms with Crippen LogP contribution in [0.5, 0.6) is 0 Å². The summed E-state index contributed by atoms with van der Waals surface area (Å²) in [6.07, 6.45) is 3.85. The Bertz CT molecular complexity index is 279. The van der Waals surface area contributed by atoms with Crippen molar-refractivity contribution in [1.29, 1.82) is 0 Å². The summed E-state index contributed by atoms with van der Waals surface area (Å²) < 4.78 is 0. The molecule has 0 aromatic carbocycles. The minimum Gasteiger partial charge on any atom is -0.299 e. The summed E-state index contributed by atoms with van der Waals surface area (Å²) >= 11 is 0. The average Bonchev–Trinajstić information content (AvgIpc) is 2.01. The number of nitrogens with zero attached hydrogens (tertiary/aromatic N) is 1. The quantitative estimate of drug-likeness (QED) is 0.469. The van der Waals surface area contributed by atoms with Gasteiger partial charge in [-0.25, -0.2) is 0 Å². The van der Waals surface area contributed by atoms with Gasteiger partial charge in [-0.3, -0.25) is 9.78 Å². The molecule has 1 rings (SSSR count). The molecule has 0 radical (unpaired) electrons. The molecular formula is C9H9NO. The van der Waals surface area contributed by atoms with E-state index in [1.807, 2.05) is 25.1 Å². The molecule has 1 aromatic rings. The molecule has 0 bridgehead atoms. The highest BCUT2D eigenvalue weighted by atomic mass is 16.1. The molecular weight excluding hydrogens is 138 g/mol. The van der Waals surface area contributed by atoms with E-state index in [9.17, 15) is 4.79 Å². The minimum absolute atomic E-state index is 0.740.